The highest BCUT2D eigenvalue weighted by Gasteiger charge is 2.26. The van der Waals surface area contributed by atoms with Crippen LogP contribution < -0.4 is 10.6 Å². The average molecular weight is 629 g/mol. The molecule has 1 atom stereocenters. The molecule has 0 radical (unpaired) electrons. The van der Waals surface area contributed by atoms with Crippen molar-refractivity contribution in [3.8, 4) is 0 Å². The van der Waals surface area contributed by atoms with Gasteiger partial charge < -0.3 is 25.4 Å². The van der Waals surface area contributed by atoms with Gasteiger partial charge in [-0.1, -0.05) is 53.5 Å². The quantitative estimate of drug-likeness (QED) is 0.183. The molecular weight excluding hydrogens is 597 g/mol. The number of aromatic carboxylic acids is 1. The molecule has 0 aliphatic carbocycles. The van der Waals surface area contributed by atoms with Gasteiger partial charge in [-0.25, -0.2) is 9.59 Å². The molecule has 3 amide bonds. The molecule has 3 aromatic carbocycles. The largest absolute Gasteiger partial charge is 0.478 e. The van der Waals surface area contributed by atoms with Crippen molar-refractivity contribution in [1.82, 2.24) is 10.2 Å². The van der Waals surface area contributed by atoms with Crippen molar-refractivity contribution in [2.24, 2.45) is 0 Å². The van der Waals surface area contributed by atoms with Gasteiger partial charge in [0.05, 0.1) is 33.7 Å². The number of halogens is 2. The van der Waals surface area contributed by atoms with Crippen molar-refractivity contribution in [3.05, 3.63) is 98.5 Å². The molecule has 0 aliphatic rings. The van der Waals surface area contributed by atoms with Crippen molar-refractivity contribution >= 4 is 59.1 Å². The molecule has 0 fully saturated rings. The van der Waals surface area contributed by atoms with Crippen molar-refractivity contribution in [3.63, 3.8) is 0 Å². The molecule has 0 heterocycles. The maximum absolute atomic E-state index is 13.0. The van der Waals surface area contributed by atoms with Gasteiger partial charge in [-0.2, -0.15) is 0 Å². The highest BCUT2D eigenvalue weighted by atomic mass is 35.5. The minimum atomic E-state index is -1.18. The van der Waals surface area contributed by atoms with Crippen LogP contribution in [0.5, 0.6) is 0 Å². The smallest absolute Gasteiger partial charge is 0.335 e. The Morgan fingerprint density at radius 3 is 2.19 bits per heavy atom. The Hall–Kier alpha value is -4.41. The summed E-state index contributed by atoms with van der Waals surface area (Å²) in [6.07, 6.45) is 0.120. The summed E-state index contributed by atoms with van der Waals surface area (Å²) in [5, 5.41) is 15.3. The zero-order chi connectivity index (χ0) is 31.7. The third-order valence-electron chi connectivity index (χ3n) is 6.18. The molecule has 0 spiro atoms. The maximum atomic E-state index is 13.0. The van der Waals surface area contributed by atoms with E-state index in [2.05, 4.69) is 10.6 Å². The number of carboxylic acid groups (broad SMARTS) is 1. The number of benzene rings is 3. The van der Waals surface area contributed by atoms with Crippen LogP contribution in [-0.4, -0.2) is 59.4 Å². The number of rotatable bonds is 13. The molecule has 0 saturated heterocycles. The lowest BCUT2D eigenvalue weighted by molar-refractivity contribution is -0.149. The van der Waals surface area contributed by atoms with E-state index in [0.29, 0.717) is 28.8 Å². The van der Waals surface area contributed by atoms with E-state index < -0.39 is 35.9 Å². The molecule has 0 aromatic heterocycles. The summed E-state index contributed by atoms with van der Waals surface area (Å²) in [6, 6.07) is 14.9. The van der Waals surface area contributed by atoms with Crippen LogP contribution in [0.4, 0.5) is 5.69 Å². The van der Waals surface area contributed by atoms with E-state index in [-0.39, 0.29) is 40.6 Å². The first-order valence-corrected chi connectivity index (χ1v) is 14.0. The van der Waals surface area contributed by atoms with Crippen LogP contribution in [0.1, 0.15) is 51.3 Å². The summed E-state index contributed by atoms with van der Waals surface area (Å²) in [5.74, 6) is -2.89. The fraction of sp³-hybridized carbons (Fsp3) is 0.258. The molecule has 0 aliphatic heterocycles. The Balaban J connectivity index is 1.70. The number of nitrogens with zero attached hydrogens (tertiary/aromatic N) is 1. The molecule has 0 unspecified atom stereocenters. The first-order valence-electron chi connectivity index (χ1n) is 13.2. The topological polar surface area (TPSA) is 142 Å². The highest BCUT2D eigenvalue weighted by Crippen LogP contribution is 2.24. The average Bonchev–Trinajstić information content (AvgIpc) is 2.93. The van der Waals surface area contributed by atoms with Gasteiger partial charge in [-0.3, -0.25) is 14.4 Å². The van der Waals surface area contributed by atoms with Crippen molar-refractivity contribution in [2.45, 2.75) is 45.4 Å². The van der Waals surface area contributed by atoms with Crippen molar-refractivity contribution < 1.29 is 33.8 Å². The van der Waals surface area contributed by atoms with Crippen LogP contribution in [-0.2, 0) is 38.5 Å². The molecule has 3 rings (SSSR count). The Kier molecular flexibility index (Phi) is 11.7. The lowest BCUT2D eigenvalue weighted by Crippen LogP contribution is -2.44. The van der Waals surface area contributed by atoms with Crippen LogP contribution >= 0.6 is 23.2 Å². The molecule has 10 nitrogen and oxygen atoms in total. The number of carbonyl (C=O) groups excluding carboxylic acids is 4. The van der Waals surface area contributed by atoms with E-state index in [9.17, 15) is 29.1 Å². The molecule has 43 heavy (non-hydrogen) atoms. The number of ether oxygens (including phenoxy) is 1. The second-order valence-corrected chi connectivity index (χ2v) is 10.9. The summed E-state index contributed by atoms with van der Waals surface area (Å²) in [6.45, 7) is 3.62. The summed E-state index contributed by atoms with van der Waals surface area (Å²) < 4.78 is 5.34. The molecule has 3 aromatic rings. The van der Waals surface area contributed by atoms with Crippen molar-refractivity contribution in [2.75, 3.05) is 12.4 Å². The summed E-state index contributed by atoms with van der Waals surface area (Å²) in [4.78, 5) is 62.6. The Bertz CT molecular complexity index is 1490. The molecule has 0 saturated carbocycles. The van der Waals surface area contributed by atoms with Gasteiger partial charge in [0, 0.05) is 25.7 Å². The molecular formula is C31H31Cl2N3O7. The third kappa shape index (κ3) is 9.56. The van der Waals surface area contributed by atoms with Gasteiger partial charge in [0.1, 0.15) is 6.04 Å². The number of nitrogens with one attached hydrogen (secondary N) is 2. The number of hydrogen-bond acceptors (Lipinski definition) is 6. The van der Waals surface area contributed by atoms with Gasteiger partial charge in [0.2, 0.25) is 12.3 Å². The molecule has 226 valence electrons. The highest BCUT2D eigenvalue weighted by molar-refractivity contribution is 6.39. The molecule has 12 heteroatoms. The standard InChI is InChI=1S/C31H31Cl2N3O7/c1-18(2)43-31(42)26(35-29(39)28-24(32)5-4-6-25(28)33)14-19-8-11-22(12-9-19)34-27(38)15-21-10-7-20(16-36(3)17-37)13-23(21)30(40)41/h4-13,17-18,26H,14-16H2,1-3H3,(H,34,38)(H,35,39)(H,40,41)/t26-/m0/s1. The summed E-state index contributed by atoms with van der Waals surface area (Å²) in [5.41, 5.74) is 2.07. The molecule has 0 bridgehead atoms. The SMILES string of the molecule is CC(C)OC(=O)[C@H](Cc1ccc(NC(=O)Cc2ccc(CN(C)C=O)cc2C(=O)O)cc1)NC(=O)c1c(Cl)cccc1Cl. The minimum absolute atomic E-state index is 0.0262. The Morgan fingerprint density at radius 2 is 1.60 bits per heavy atom. The van der Waals surface area contributed by atoms with E-state index >= 15 is 0 Å². The van der Waals surface area contributed by atoms with Gasteiger partial charge in [0.25, 0.3) is 5.91 Å². The lowest BCUT2D eigenvalue weighted by atomic mass is 10.0. The van der Waals surface area contributed by atoms with Gasteiger partial charge >= 0.3 is 11.9 Å². The fourth-order valence-electron chi connectivity index (χ4n) is 4.19. The number of carboxylic acids is 1. The number of anilines is 1. The summed E-state index contributed by atoms with van der Waals surface area (Å²) >= 11 is 12.3. The van der Waals surface area contributed by atoms with E-state index in [1.807, 2.05) is 0 Å². The van der Waals surface area contributed by atoms with Crippen LogP contribution in [0.15, 0.2) is 60.7 Å². The summed E-state index contributed by atoms with van der Waals surface area (Å²) in [7, 11) is 1.57. The Morgan fingerprint density at radius 1 is 0.977 bits per heavy atom. The Labute approximate surface area is 258 Å². The second-order valence-electron chi connectivity index (χ2n) is 10.1. The van der Waals surface area contributed by atoms with Gasteiger partial charge in [-0.15, -0.1) is 0 Å². The zero-order valence-corrected chi connectivity index (χ0v) is 25.2. The van der Waals surface area contributed by atoms with Gasteiger partial charge in [-0.05, 0) is 60.9 Å². The minimum Gasteiger partial charge on any atom is -0.478 e. The number of hydrogen-bond donors (Lipinski definition) is 3. The zero-order valence-electron chi connectivity index (χ0n) is 23.7. The predicted octanol–water partition coefficient (Wildman–Crippen LogP) is 4.75. The fourth-order valence-corrected chi connectivity index (χ4v) is 4.76. The number of amides is 3. The lowest BCUT2D eigenvalue weighted by Gasteiger charge is -2.20. The van der Waals surface area contributed by atoms with Gasteiger partial charge in [0.15, 0.2) is 0 Å². The first kappa shape index (κ1) is 33.1. The second kappa shape index (κ2) is 15.2. The normalized spacial score (nSPS) is 11.4. The van der Waals surface area contributed by atoms with Crippen LogP contribution in [0.2, 0.25) is 10.0 Å². The van der Waals surface area contributed by atoms with Crippen molar-refractivity contribution in [1.29, 1.82) is 0 Å². The van der Waals surface area contributed by atoms with Crippen LogP contribution in [0, 0.1) is 0 Å². The van der Waals surface area contributed by atoms with Crippen LogP contribution in [0.3, 0.4) is 0 Å². The maximum Gasteiger partial charge on any atom is 0.335 e. The van der Waals surface area contributed by atoms with E-state index in [0.717, 1.165) is 0 Å². The third-order valence-corrected chi connectivity index (χ3v) is 6.81. The van der Waals surface area contributed by atoms with Crippen LogP contribution in [0.25, 0.3) is 0 Å². The first-order chi connectivity index (χ1) is 20.4. The number of esters is 1. The molecule has 3 N–H and O–H groups in total. The monoisotopic (exact) mass is 627 g/mol. The number of carbonyl (C=O) groups is 5. The van der Waals surface area contributed by atoms with E-state index in [4.69, 9.17) is 27.9 Å². The predicted molar refractivity (Wildman–Crippen MR) is 162 cm³/mol. The van der Waals surface area contributed by atoms with E-state index in [1.165, 1.54) is 23.1 Å². The van der Waals surface area contributed by atoms with E-state index in [1.54, 1.807) is 63.4 Å².